The van der Waals surface area contributed by atoms with E-state index in [1.54, 1.807) is 13.0 Å². The first kappa shape index (κ1) is 13.3. The van der Waals surface area contributed by atoms with Crippen LogP contribution in [0, 0.1) is 11.7 Å². The van der Waals surface area contributed by atoms with Crippen LogP contribution in [0.2, 0.25) is 0 Å². The predicted octanol–water partition coefficient (Wildman–Crippen LogP) is 2.36. The summed E-state index contributed by atoms with van der Waals surface area (Å²) in [7, 11) is -3.56. The zero-order valence-electron chi connectivity index (χ0n) is 8.62. The van der Waals surface area contributed by atoms with E-state index in [4.69, 9.17) is 4.78 Å². The quantitative estimate of drug-likeness (QED) is 0.836. The SMILES string of the molecule is Cc1cc2c(cc1S(=N)(=O)O)CCC2.[Y]. The minimum Gasteiger partial charge on any atom is -0.297 e. The van der Waals surface area contributed by atoms with Crippen LogP contribution < -0.4 is 0 Å². The molecule has 0 saturated carbocycles. The average Bonchev–Trinajstić information content (AvgIpc) is 2.47. The molecule has 5 heteroatoms. The van der Waals surface area contributed by atoms with Gasteiger partial charge in [0.2, 0.25) is 0 Å². The number of fused-ring (bicyclic) bond motifs is 1. The molecular formula is C10H13NO2SY. The van der Waals surface area contributed by atoms with Gasteiger partial charge < -0.3 is 0 Å². The zero-order chi connectivity index (χ0) is 10.3. The molecule has 1 radical (unpaired) electrons. The summed E-state index contributed by atoms with van der Waals surface area (Å²) in [6.07, 6.45) is 3.14. The van der Waals surface area contributed by atoms with Gasteiger partial charge in [-0.2, -0.15) is 0 Å². The van der Waals surface area contributed by atoms with Crippen LogP contribution in [0.25, 0.3) is 0 Å². The second-order valence-electron chi connectivity index (χ2n) is 3.77. The number of rotatable bonds is 1. The van der Waals surface area contributed by atoms with E-state index >= 15 is 0 Å². The molecule has 2 N–H and O–H groups in total. The molecule has 0 saturated heterocycles. The van der Waals surface area contributed by atoms with Crippen LogP contribution in [0.1, 0.15) is 23.1 Å². The van der Waals surface area contributed by atoms with Crippen molar-refractivity contribution in [2.75, 3.05) is 0 Å². The fourth-order valence-corrected chi connectivity index (χ4v) is 2.82. The van der Waals surface area contributed by atoms with E-state index in [1.807, 2.05) is 6.07 Å². The van der Waals surface area contributed by atoms with Crippen LogP contribution in [0.5, 0.6) is 0 Å². The van der Waals surface area contributed by atoms with Crippen molar-refractivity contribution in [2.24, 2.45) is 0 Å². The molecule has 0 bridgehead atoms. The van der Waals surface area contributed by atoms with Crippen LogP contribution in [-0.2, 0) is 55.6 Å². The first-order chi connectivity index (χ1) is 6.48. The Bertz CT molecular complexity index is 482. The standard InChI is InChI=1S/C10H13NO2S.Y/c1-7-5-8-3-2-4-9(8)6-10(7)14(11,12)13;/h5-6H,2-4H2,1H3,(H2,11,12,13);. The van der Waals surface area contributed by atoms with Crippen molar-refractivity contribution in [3.8, 4) is 0 Å². The van der Waals surface area contributed by atoms with Crippen LogP contribution in [0.15, 0.2) is 17.0 Å². The summed E-state index contributed by atoms with van der Waals surface area (Å²) in [6.45, 7) is 1.79. The molecule has 0 heterocycles. The second kappa shape index (κ2) is 4.62. The van der Waals surface area contributed by atoms with Gasteiger partial charge in [0.25, 0.3) is 0 Å². The minimum absolute atomic E-state index is 0. The topological polar surface area (TPSA) is 61.2 Å². The molecule has 1 atom stereocenters. The van der Waals surface area contributed by atoms with Crippen molar-refractivity contribution >= 4 is 10.0 Å². The number of nitrogens with one attached hydrogen (secondary N) is 1. The second-order valence-corrected chi connectivity index (χ2v) is 5.26. The van der Waals surface area contributed by atoms with Crippen molar-refractivity contribution in [3.63, 3.8) is 0 Å². The van der Waals surface area contributed by atoms with E-state index in [9.17, 15) is 8.76 Å². The van der Waals surface area contributed by atoms with Crippen LogP contribution in [-0.4, -0.2) is 8.76 Å². The fraction of sp³-hybridized carbons (Fsp3) is 0.400. The third kappa shape index (κ3) is 2.67. The van der Waals surface area contributed by atoms with Gasteiger partial charge >= 0.3 is 0 Å². The molecule has 79 valence electrons. The van der Waals surface area contributed by atoms with Gasteiger partial charge in [0.1, 0.15) is 0 Å². The molecule has 15 heavy (non-hydrogen) atoms. The molecule has 0 fully saturated rings. The molecule has 2 rings (SSSR count). The smallest absolute Gasteiger partial charge is 0.188 e. The summed E-state index contributed by atoms with van der Waals surface area (Å²) in [6, 6.07) is 3.68. The van der Waals surface area contributed by atoms with Gasteiger partial charge in [-0.25, -0.2) is 8.99 Å². The first-order valence-corrected chi connectivity index (χ1v) is 6.13. The van der Waals surface area contributed by atoms with Gasteiger partial charge in [-0.05, 0) is 48.9 Å². The Balaban J connectivity index is 0.00000112. The van der Waals surface area contributed by atoms with Crippen molar-refractivity contribution in [3.05, 3.63) is 28.8 Å². The third-order valence-electron chi connectivity index (χ3n) is 2.69. The largest absolute Gasteiger partial charge is 0.297 e. The van der Waals surface area contributed by atoms with Crippen molar-refractivity contribution in [2.45, 2.75) is 31.1 Å². The summed E-state index contributed by atoms with van der Waals surface area (Å²) in [5.74, 6) is 0. The minimum atomic E-state index is -3.56. The maximum Gasteiger partial charge on any atom is 0.188 e. The van der Waals surface area contributed by atoms with E-state index in [0.717, 1.165) is 30.4 Å². The predicted molar refractivity (Wildman–Crippen MR) is 55.0 cm³/mol. The summed E-state index contributed by atoms with van der Waals surface area (Å²) >= 11 is 0. The maximum absolute atomic E-state index is 11.2. The maximum atomic E-state index is 11.2. The van der Waals surface area contributed by atoms with Gasteiger partial charge in [0.05, 0.1) is 4.90 Å². The summed E-state index contributed by atoms with van der Waals surface area (Å²) in [4.78, 5) is 0.276. The van der Waals surface area contributed by atoms with Crippen LogP contribution in [0.4, 0.5) is 0 Å². The molecule has 0 aromatic heterocycles. The Labute approximate surface area is 115 Å². The Morgan fingerprint density at radius 1 is 1.33 bits per heavy atom. The van der Waals surface area contributed by atoms with Crippen molar-refractivity contribution < 1.29 is 41.5 Å². The fourth-order valence-electron chi connectivity index (χ4n) is 2.02. The third-order valence-corrected chi connectivity index (χ3v) is 3.72. The van der Waals surface area contributed by atoms with E-state index in [1.165, 1.54) is 5.56 Å². The van der Waals surface area contributed by atoms with E-state index in [0.29, 0.717) is 0 Å². The van der Waals surface area contributed by atoms with Crippen LogP contribution >= 0.6 is 0 Å². The summed E-state index contributed by atoms with van der Waals surface area (Å²) in [5, 5.41) is 0. The van der Waals surface area contributed by atoms with Gasteiger partial charge in [-0.1, -0.05) is 6.07 Å². The van der Waals surface area contributed by atoms with E-state index in [2.05, 4.69) is 0 Å². The monoisotopic (exact) mass is 300 g/mol. The molecule has 1 aliphatic carbocycles. The van der Waals surface area contributed by atoms with E-state index in [-0.39, 0.29) is 37.6 Å². The zero-order valence-corrected chi connectivity index (χ0v) is 12.3. The average molecular weight is 300 g/mol. The van der Waals surface area contributed by atoms with Crippen molar-refractivity contribution in [1.82, 2.24) is 0 Å². The Morgan fingerprint density at radius 2 is 1.87 bits per heavy atom. The Kier molecular flexibility index (Phi) is 4.09. The Morgan fingerprint density at radius 3 is 2.40 bits per heavy atom. The molecule has 1 unspecified atom stereocenters. The molecule has 0 amide bonds. The Hall–Kier alpha value is 0.234. The first-order valence-electron chi connectivity index (χ1n) is 4.62. The molecule has 1 aromatic rings. The number of hydrogen-bond acceptors (Lipinski definition) is 2. The normalized spacial score (nSPS) is 17.7. The molecule has 3 nitrogen and oxygen atoms in total. The summed E-state index contributed by atoms with van der Waals surface area (Å²) in [5.41, 5.74) is 3.17. The number of benzene rings is 1. The number of aryl methyl sites for hydroxylation is 3. The van der Waals surface area contributed by atoms with Crippen LogP contribution in [0.3, 0.4) is 0 Å². The molecular weight excluding hydrogens is 287 g/mol. The van der Waals surface area contributed by atoms with E-state index < -0.39 is 10.0 Å². The number of hydrogen-bond donors (Lipinski definition) is 2. The molecule has 1 aliphatic rings. The van der Waals surface area contributed by atoms with Crippen molar-refractivity contribution in [1.29, 1.82) is 4.78 Å². The van der Waals surface area contributed by atoms with Gasteiger partial charge in [-0.3, -0.25) is 4.55 Å². The van der Waals surface area contributed by atoms with Gasteiger partial charge in [0.15, 0.2) is 10.0 Å². The molecule has 0 spiro atoms. The molecule has 1 aromatic carbocycles. The van der Waals surface area contributed by atoms with Gasteiger partial charge in [0, 0.05) is 32.7 Å². The summed E-state index contributed by atoms with van der Waals surface area (Å²) < 4.78 is 27.6. The molecule has 0 aliphatic heterocycles. The van der Waals surface area contributed by atoms with Gasteiger partial charge in [-0.15, -0.1) is 0 Å².